The Bertz CT molecular complexity index is 901. The second kappa shape index (κ2) is 11.1. The number of fused-ring (bicyclic) bond motifs is 1. The molecule has 0 saturated carbocycles. The molecule has 1 heterocycles. The number of benzene rings is 2. The molecule has 0 bridgehead atoms. The molecule has 2 aromatic carbocycles. The Hall–Kier alpha value is -3.42. The van der Waals surface area contributed by atoms with Crippen molar-refractivity contribution in [3.8, 4) is 23.0 Å². The molecule has 0 radical (unpaired) electrons. The van der Waals surface area contributed by atoms with Crippen LogP contribution in [-0.2, 0) is 16.0 Å². The predicted octanol–water partition coefficient (Wildman–Crippen LogP) is 2.10. The highest BCUT2D eigenvalue weighted by molar-refractivity contribution is 5.83. The predicted molar refractivity (Wildman–Crippen MR) is 115 cm³/mol. The van der Waals surface area contributed by atoms with Crippen molar-refractivity contribution in [3.05, 3.63) is 48.0 Å². The van der Waals surface area contributed by atoms with Gasteiger partial charge in [-0.05, 0) is 36.2 Å². The van der Waals surface area contributed by atoms with Gasteiger partial charge < -0.3 is 29.6 Å². The normalized spacial score (nSPS) is 14.5. The van der Waals surface area contributed by atoms with Crippen LogP contribution in [-0.4, -0.2) is 51.8 Å². The van der Waals surface area contributed by atoms with Crippen LogP contribution in [0.15, 0.2) is 42.5 Å². The second-order valence-corrected chi connectivity index (χ2v) is 7.09. The fourth-order valence-corrected chi connectivity index (χ4v) is 3.18. The Morgan fingerprint density at radius 3 is 2.42 bits per heavy atom. The molecule has 3 rings (SSSR count). The van der Waals surface area contributed by atoms with Crippen molar-refractivity contribution in [3.63, 3.8) is 0 Å². The zero-order valence-electron chi connectivity index (χ0n) is 17.8. The molecule has 0 aliphatic carbocycles. The van der Waals surface area contributed by atoms with Gasteiger partial charge in [-0.2, -0.15) is 0 Å². The summed E-state index contributed by atoms with van der Waals surface area (Å²) in [7, 11) is 3.17. The molecule has 1 aliphatic heterocycles. The molecule has 166 valence electrons. The first-order valence-corrected chi connectivity index (χ1v) is 10.2. The van der Waals surface area contributed by atoms with Crippen LogP contribution in [0.2, 0.25) is 0 Å². The van der Waals surface area contributed by atoms with E-state index in [1.807, 2.05) is 42.5 Å². The van der Waals surface area contributed by atoms with Gasteiger partial charge in [-0.1, -0.05) is 18.2 Å². The van der Waals surface area contributed by atoms with E-state index in [-0.39, 0.29) is 30.8 Å². The zero-order chi connectivity index (χ0) is 22.1. The van der Waals surface area contributed by atoms with E-state index < -0.39 is 0 Å². The molecule has 2 aromatic rings. The topological polar surface area (TPSA) is 95.1 Å². The maximum absolute atomic E-state index is 12.0. The van der Waals surface area contributed by atoms with Crippen molar-refractivity contribution in [1.29, 1.82) is 0 Å². The lowest BCUT2D eigenvalue weighted by Crippen LogP contribution is -2.41. The molecule has 0 saturated heterocycles. The van der Waals surface area contributed by atoms with E-state index >= 15 is 0 Å². The summed E-state index contributed by atoms with van der Waals surface area (Å²) < 4.78 is 21.9. The van der Waals surface area contributed by atoms with Crippen LogP contribution in [0.4, 0.5) is 0 Å². The summed E-state index contributed by atoms with van der Waals surface area (Å²) in [6.45, 7) is 1.17. The maximum atomic E-state index is 12.0. The lowest BCUT2D eigenvalue weighted by Gasteiger charge is -2.26. The lowest BCUT2D eigenvalue weighted by atomic mass is 10.1. The van der Waals surface area contributed by atoms with E-state index in [1.54, 1.807) is 14.2 Å². The van der Waals surface area contributed by atoms with Gasteiger partial charge >= 0.3 is 0 Å². The first-order chi connectivity index (χ1) is 15.1. The largest absolute Gasteiger partial charge is 0.493 e. The average molecular weight is 428 g/mol. The average Bonchev–Trinajstić information content (AvgIpc) is 2.81. The van der Waals surface area contributed by atoms with Crippen molar-refractivity contribution in [1.82, 2.24) is 10.6 Å². The number of carbonyl (C=O) groups excluding carboxylic acids is 2. The molecular formula is C23H28N2O6. The minimum Gasteiger partial charge on any atom is -0.493 e. The number of methoxy groups -OCH3 is 2. The second-order valence-electron chi connectivity index (χ2n) is 7.09. The first-order valence-electron chi connectivity index (χ1n) is 10.2. The van der Waals surface area contributed by atoms with Crippen LogP contribution < -0.4 is 29.6 Å². The monoisotopic (exact) mass is 428 g/mol. The van der Waals surface area contributed by atoms with E-state index in [4.69, 9.17) is 18.9 Å². The third-order valence-electron chi connectivity index (χ3n) is 4.86. The van der Waals surface area contributed by atoms with Crippen LogP contribution in [0.5, 0.6) is 23.0 Å². The van der Waals surface area contributed by atoms with Gasteiger partial charge in [-0.3, -0.25) is 9.59 Å². The standard InChI is InChI=1S/C23H28N2O6/c1-28-18-8-7-16(13-21(18)29-2)11-12-24-22(26)9-10-23(27)25-14-17-15-30-19-5-3-4-6-20(19)31-17/h3-8,13,17H,9-12,14-15H2,1-2H3,(H,24,26)(H,25,27)/t17-/m0/s1. The summed E-state index contributed by atoms with van der Waals surface area (Å²) in [6, 6.07) is 13.1. The van der Waals surface area contributed by atoms with Gasteiger partial charge in [0, 0.05) is 19.4 Å². The summed E-state index contributed by atoms with van der Waals surface area (Å²) in [5, 5.41) is 5.63. The van der Waals surface area contributed by atoms with Crippen molar-refractivity contribution >= 4 is 11.8 Å². The smallest absolute Gasteiger partial charge is 0.220 e. The molecule has 0 unspecified atom stereocenters. The summed E-state index contributed by atoms with van der Waals surface area (Å²) in [6.07, 6.45) is 0.641. The molecule has 8 nitrogen and oxygen atoms in total. The van der Waals surface area contributed by atoms with Gasteiger partial charge in [0.25, 0.3) is 0 Å². The van der Waals surface area contributed by atoms with Crippen LogP contribution in [0.1, 0.15) is 18.4 Å². The van der Waals surface area contributed by atoms with Gasteiger partial charge in [0.15, 0.2) is 23.0 Å². The van der Waals surface area contributed by atoms with Gasteiger partial charge in [-0.15, -0.1) is 0 Å². The Labute approximate surface area is 181 Å². The number of amides is 2. The van der Waals surface area contributed by atoms with Crippen LogP contribution in [0.3, 0.4) is 0 Å². The van der Waals surface area contributed by atoms with Gasteiger partial charge in [0.1, 0.15) is 12.7 Å². The maximum Gasteiger partial charge on any atom is 0.220 e. The van der Waals surface area contributed by atoms with E-state index in [0.29, 0.717) is 49.1 Å². The Kier molecular flexibility index (Phi) is 7.98. The minimum atomic E-state index is -0.255. The lowest BCUT2D eigenvalue weighted by molar-refractivity contribution is -0.126. The molecule has 1 aliphatic rings. The highest BCUT2D eigenvalue weighted by Crippen LogP contribution is 2.30. The number of hydrogen-bond acceptors (Lipinski definition) is 6. The van der Waals surface area contributed by atoms with Crippen molar-refractivity contribution in [2.45, 2.75) is 25.4 Å². The van der Waals surface area contributed by atoms with Gasteiger partial charge in [0.05, 0.1) is 20.8 Å². The Morgan fingerprint density at radius 2 is 1.68 bits per heavy atom. The highest BCUT2D eigenvalue weighted by Gasteiger charge is 2.21. The van der Waals surface area contributed by atoms with Gasteiger partial charge in [-0.25, -0.2) is 0 Å². The van der Waals surface area contributed by atoms with E-state index in [9.17, 15) is 9.59 Å². The molecule has 2 amide bonds. The van der Waals surface area contributed by atoms with Gasteiger partial charge in [0.2, 0.25) is 11.8 Å². The zero-order valence-corrected chi connectivity index (χ0v) is 17.8. The molecule has 0 aromatic heterocycles. The summed E-state index contributed by atoms with van der Waals surface area (Å²) >= 11 is 0. The van der Waals surface area contributed by atoms with Crippen LogP contribution in [0.25, 0.3) is 0 Å². The van der Waals surface area contributed by atoms with E-state index in [2.05, 4.69) is 10.6 Å². The van der Waals surface area contributed by atoms with Crippen LogP contribution in [0, 0.1) is 0 Å². The number of nitrogens with one attached hydrogen (secondary N) is 2. The Morgan fingerprint density at radius 1 is 0.968 bits per heavy atom. The Balaban J connectivity index is 1.31. The number of para-hydroxylation sites is 2. The summed E-state index contributed by atoms with van der Waals surface area (Å²) in [5.74, 6) is 2.32. The van der Waals surface area contributed by atoms with E-state index in [1.165, 1.54) is 0 Å². The number of ether oxygens (including phenoxy) is 4. The number of rotatable bonds is 10. The first kappa shape index (κ1) is 22.3. The molecule has 8 heteroatoms. The number of hydrogen-bond donors (Lipinski definition) is 2. The molecule has 0 spiro atoms. The summed E-state index contributed by atoms with van der Waals surface area (Å²) in [4.78, 5) is 24.1. The molecule has 1 atom stereocenters. The summed E-state index contributed by atoms with van der Waals surface area (Å²) in [5.41, 5.74) is 1.02. The molecule has 2 N–H and O–H groups in total. The van der Waals surface area contributed by atoms with Crippen molar-refractivity contribution < 1.29 is 28.5 Å². The molecule has 0 fully saturated rings. The fraction of sp³-hybridized carbons (Fsp3) is 0.391. The fourth-order valence-electron chi connectivity index (χ4n) is 3.18. The quantitative estimate of drug-likeness (QED) is 0.602. The van der Waals surface area contributed by atoms with Crippen molar-refractivity contribution in [2.75, 3.05) is 33.9 Å². The highest BCUT2D eigenvalue weighted by atomic mass is 16.6. The van der Waals surface area contributed by atoms with Crippen LogP contribution >= 0.6 is 0 Å². The third-order valence-corrected chi connectivity index (χ3v) is 4.86. The number of carbonyl (C=O) groups is 2. The molecule has 31 heavy (non-hydrogen) atoms. The van der Waals surface area contributed by atoms with Crippen molar-refractivity contribution in [2.24, 2.45) is 0 Å². The SMILES string of the molecule is COc1ccc(CCNC(=O)CCC(=O)NC[C@H]2COc3ccccc3O2)cc1OC. The third kappa shape index (κ3) is 6.53. The molecular weight excluding hydrogens is 400 g/mol. The van der Waals surface area contributed by atoms with E-state index in [0.717, 1.165) is 5.56 Å². The minimum absolute atomic E-state index is 0.117.